The number of rotatable bonds is 2. The highest BCUT2D eigenvalue weighted by atomic mass is 15.4. The minimum Gasteiger partial charge on any atom is -0.335 e. The van der Waals surface area contributed by atoms with E-state index in [1.807, 2.05) is 0 Å². The van der Waals surface area contributed by atoms with Crippen LogP contribution in [0.4, 0.5) is 0 Å². The van der Waals surface area contributed by atoms with Crippen molar-refractivity contribution in [2.75, 3.05) is 0 Å². The van der Waals surface area contributed by atoms with Gasteiger partial charge < -0.3 is 9.80 Å². The third kappa shape index (κ3) is 3.27. The van der Waals surface area contributed by atoms with Gasteiger partial charge in [-0.3, -0.25) is 0 Å². The van der Waals surface area contributed by atoms with E-state index < -0.39 is 0 Å². The topological polar surface area (TPSA) is 6.48 Å². The van der Waals surface area contributed by atoms with Crippen LogP contribution in [-0.4, -0.2) is 21.9 Å². The van der Waals surface area contributed by atoms with E-state index in [9.17, 15) is 0 Å². The maximum Gasteiger partial charge on any atom is 0.209 e. The lowest BCUT2D eigenvalue weighted by molar-refractivity contribution is 0.136. The molecule has 2 aliphatic carbocycles. The van der Waals surface area contributed by atoms with E-state index in [1.165, 1.54) is 99.6 Å². The molecule has 3 heterocycles. The minimum atomic E-state index is 0.562. The summed E-state index contributed by atoms with van der Waals surface area (Å²) in [6.07, 6.45) is 16.3. The molecule has 5 aliphatic rings. The van der Waals surface area contributed by atoms with Crippen LogP contribution in [0.25, 0.3) is 11.4 Å². The Kier molecular flexibility index (Phi) is 5.03. The first-order chi connectivity index (χ1) is 16.4. The van der Waals surface area contributed by atoms with Crippen LogP contribution in [0.1, 0.15) is 86.5 Å². The molecule has 33 heavy (non-hydrogen) atoms. The Hall–Kier alpha value is -2.22. The van der Waals surface area contributed by atoms with Gasteiger partial charge in [-0.15, -0.1) is 0 Å². The number of benzene rings is 2. The fourth-order valence-electron chi connectivity index (χ4n) is 7.72. The van der Waals surface area contributed by atoms with E-state index in [2.05, 4.69) is 65.0 Å². The molecule has 2 radical (unpaired) electrons. The first-order valence-corrected chi connectivity index (χ1v) is 13.6. The predicted octanol–water partition coefficient (Wildman–Crippen LogP) is 7.14. The zero-order chi connectivity index (χ0) is 21.8. The van der Waals surface area contributed by atoms with Crippen molar-refractivity contribution in [3.05, 3.63) is 77.5 Å². The van der Waals surface area contributed by atoms with E-state index >= 15 is 0 Å². The largest absolute Gasteiger partial charge is 0.335 e. The van der Waals surface area contributed by atoms with Crippen molar-refractivity contribution in [1.82, 2.24) is 9.80 Å². The number of hydrogen-bond donors (Lipinski definition) is 0. The third-order valence-electron chi connectivity index (χ3n) is 9.38. The van der Waals surface area contributed by atoms with Crippen molar-refractivity contribution < 1.29 is 0 Å². The Labute approximate surface area is 199 Å². The molecule has 2 aromatic rings. The zero-order valence-corrected chi connectivity index (χ0v) is 19.8. The van der Waals surface area contributed by atoms with Gasteiger partial charge >= 0.3 is 0 Å². The van der Waals surface area contributed by atoms with Crippen molar-refractivity contribution in [3.63, 3.8) is 0 Å². The van der Waals surface area contributed by atoms with Gasteiger partial charge in [0.05, 0.1) is 11.4 Å². The molecule has 2 fully saturated rings. The van der Waals surface area contributed by atoms with Crippen molar-refractivity contribution in [2.45, 2.75) is 89.1 Å². The lowest BCUT2D eigenvalue weighted by Gasteiger charge is -2.43. The molecular weight excluding hydrogens is 400 g/mol. The Morgan fingerprint density at radius 2 is 0.970 bits per heavy atom. The summed E-state index contributed by atoms with van der Waals surface area (Å²) >= 11 is 0. The van der Waals surface area contributed by atoms with E-state index in [0.717, 1.165) is 11.8 Å². The van der Waals surface area contributed by atoms with Crippen LogP contribution in [0.15, 0.2) is 48.5 Å². The van der Waals surface area contributed by atoms with Crippen LogP contribution >= 0.6 is 0 Å². The lowest BCUT2D eigenvalue weighted by atomic mass is 9.77. The second-order valence-corrected chi connectivity index (χ2v) is 11.2. The van der Waals surface area contributed by atoms with Crippen LogP contribution in [0.3, 0.4) is 0 Å². The second-order valence-electron chi connectivity index (χ2n) is 11.2. The molecular formula is C31H36N2. The first-order valence-electron chi connectivity index (χ1n) is 13.6. The van der Waals surface area contributed by atoms with Gasteiger partial charge in [-0.25, -0.2) is 0 Å². The van der Waals surface area contributed by atoms with Crippen LogP contribution < -0.4 is 0 Å². The van der Waals surface area contributed by atoms with E-state index in [1.54, 1.807) is 11.1 Å². The van der Waals surface area contributed by atoms with Gasteiger partial charge in [-0.2, -0.15) is 0 Å². The molecule has 7 rings (SSSR count). The van der Waals surface area contributed by atoms with Gasteiger partial charge in [-0.1, -0.05) is 87.1 Å². The van der Waals surface area contributed by atoms with Crippen molar-refractivity contribution in [2.24, 2.45) is 11.8 Å². The smallest absolute Gasteiger partial charge is 0.209 e. The van der Waals surface area contributed by atoms with Crippen molar-refractivity contribution in [1.29, 1.82) is 0 Å². The van der Waals surface area contributed by atoms with E-state index in [-0.39, 0.29) is 0 Å². The van der Waals surface area contributed by atoms with Gasteiger partial charge in [0.25, 0.3) is 0 Å². The molecule has 0 aromatic heterocycles. The van der Waals surface area contributed by atoms with Crippen LogP contribution in [0.5, 0.6) is 0 Å². The third-order valence-corrected chi connectivity index (χ3v) is 9.38. The number of nitrogens with zero attached hydrogens (tertiary/aromatic N) is 2. The molecule has 2 heteroatoms. The van der Waals surface area contributed by atoms with Crippen LogP contribution in [0.2, 0.25) is 0 Å². The summed E-state index contributed by atoms with van der Waals surface area (Å²) in [7, 11) is 0. The Bertz CT molecular complexity index is 973. The van der Waals surface area contributed by atoms with Crippen LogP contribution in [-0.2, 0) is 12.8 Å². The number of fused-ring (bicyclic) bond motifs is 6. The maximum absolute atomic E-state index is 4.06. The summed E-state index contributed by atoms with van der Waals surface area (Å²) in [5, 5.41) is 0. The Morgan fingerprint density at radius 1 is 0.545 bits per heavy atom. The average molecular weight is 437 g/mol. The lowest BCUT2D eigenvalue weighted by Crippen LogP contribution is -2.46. The minimum absolute atomic E-state index is 0.562. The standard InChI is InChI=1S/C31H36N2/c1-3-11-22(12-4-1)28-19-24-15-7-9-17-26(24)30-31-27-18-10-8-16-25(27)20-29(33(31)21-32(28)30)23-13-5-2-6-14-23/h7-10,15-18,22-23,28-29H,1-6,11-14,19-20H2/t28-,29-/m0/s1. The molecule has 2 atom stereocenters. The molecule has 3 aliphatic heterocycles. The van der Waals surface area contributed by atoms with Crippen molar-refractivity contribution in [3.8, 4) is 0 Å². The molecule has 0 spiro atoms. The molecule has 170 valence electrons. The summed E-state index contributed by atoms with van der Waals surface area (Å²) in [4.78, 5) is 5.29. The maximum atomic E-state index is 4.06. The van der Waals surface area contributed by atoms with Crippen LogP contribution in [0, 0.1) is 18.5 Å². The van der Waals surface area contributed by atoms with Gasteiger partial charge in [0.2, 0.25) is 6.67 Å². The van der Waals surface area contributed by atoms with Gasteiger partial charge in [0.1, 0.15) is 0 Å². The SMILES string of the molecule is [C]1N2C(=C3c4ccccc4C[C@@H](C4CCCCC4)N13)c1ccccc1C[C@H]2C1CCCCC1. The highest BCUT2D eigenvalue weighted by Crippen LogP contribution is 2.52. The fourth-order valence-corrected chi connectivity index (χ4v) is 7.72. The van der Waals surface area contributed by atoms with E-state index in [0.29, 0.717) is 12.1 Å². The van der Waals surface area contributed by atoms with Gasteiger partial charge in [0, 0.05) is 23.2 Å². The first kappa shape index (κ1) is 20.2. The monoisotopic (exact) mass is 436 g/mol. The van der Waals surface area contributed by atoms with Crippen molar-refractivity contribution >= 4 is 11.4 Å². The summed E-state index contributed by atoms with van der Waals surface area (Å²) in [5.74, 6) is 1.58. The Morgan fingerprint density at radius 3 is 1.42 bits per heavy atom. The molecule has 0 amide bonds. The Balaban J connectivity index is 1.39. The molecule has 2 nitrogen and oxygen atoms in total. The summed E-state index contributed by atoms with van der Waals surface area (Å²) in [5.41, 5.74) is 8.92. The molecule has 2 saturated carbocycles. The van der Waals surface area contributed by atoms with Gasteiger partial charge in [0.15, 0.2) is 0 Å². The van der Waals surface area contributed by atoms with Gasteiger partial charge in [-0.05, 0) is 61.5 Å². The molecule has 0 unspecified atom stereocenters. The summed E-state index contributed by atoms with van der Waals surface area (Å²) in [6, 6.07) is 19.6. The fraction of sp³-hybridized carbons (Fsp3) is 0.516. The summed E-state index contributed by atoms with van der Waals surface area (Å²) in [6.45, 7) is 4.06. The molecule has 0 saturated heterocycles. The average Bonchev–Trinajstić information content (AvgIpc) is 3.30. The van der Waals surface area contributed by atoms with E-state index in [4.69, 9.17) is 0 Å². The highest BCUT2D eigenvalue weighted by molar-refractivity contribution is 5.95. The zero-order valence-electron chi connectivity index (χ0n) is 19.8. The molecule has 0 bridgehead atoms. The molecule has 2 aromatic carbocycles. The normalized spacial score (nSPS) is 27.8. The quantitative estimate of drug-likeness (QED) is 0.494. The molecule has 0 N–H and O–H groups in total. The number of hydrogen-bond acceptors (Lipinski definition) is 2. The predicted molar refractivity (Wildman–Crippen MR) is 135 cm³/mol. The highest BCUT2D eigenvalue weighted by Gasteiger charge is 2.48. The second kappa shape index (κ2) is 8.22. The summed E-state index contributed by atoms with van der Waals surface area (Å²) < 4.78 is 0.